The van der Waals surface area contributed by atoms with E-state index in [1.54, 1.807) is 48.5 Å². The van der Waals surface area contributed by atoms with Gasteiger partial charge in [-0.05, 0) is 23.3 Å². The molecule has 6 nitrogen and oxygen atoms in total. The van der Waals surface area contributed by atoms with Crippen molar-refractivity contribution in [3.8, 4) is 23.3 Å². The zero-order valence-corrected chi connectivity index (χ0v) is 17.4. The minimum absolute atomic E-state index is 0.0272. The fourth-order valence-corrected chi connectivity index (χ4v) is 4.14. The Labute approximate surface area is 182 Å². The maximum absolute atomic E-state index is 12.5. The first-order chi connectivity index (χ1) is 14.5. The van der Waals surface area contributed by atoms with E-state index in [0.717, 1.165) is 11.8 Å². The van der Waals surface area contributed by atoms with Crippen molar-refractivity contribution >= 4 is 35.1 Å². The molecule has 1 aromatic heterocycles. The van der Waals surface area contributed by atoms with Gasteiger partial charge in [0.1, 0.15) is 33.8 Å². The first kappa shape index (κ1) is 21.2. The molecule has 0 aliphatic rings. The number of aromatic nitrogens is 1. The van der Waals surface area contributed by atoms with Gasteiger partial charge in [-0.2, -0.15) is 10.5 Å². The predicted octanol–water partition coefficient (Wildman–Crippen LogP) is 4.73. The van der Waals surface area contributed by atoms with Gasteiger partial charge in [0.15, 0.2) is 0 Å². The van der Waals surface area contributed by atoms with Gasteiger partial charge < -0.3 is 10.5 Å². The van der Waals surface area contributed by atoms with Crippen molar-refractivity contribution in [3.63, 3.8) is 0 Å². The van der Waals surface area contributed by atoms with Crippen LogP contribution in [0.25, 0.3) is 11.1 Å². The molecule has 0 saturated carbocycles. The first-order valence-electron chi connectivity index (χ1n) is 8.69. The maximum Gasteiger partial charge on any atom is 0.323 e. The molecule has 1 heterocycles. The zero-order chi connectivity index (χ0) is 21.7. The molecule has 148 valence electrons. The average molecular weight is 435 g/mol. The molecule has 0 spiro atoms. The van der Waals surface area contributed by atoms with Gasteiger partial charge in [-0.3, -0.25) is 4.79 Å². The Morgan fingerprint density at radius 2 is 1.73 bits per heavy atom. The van der Waals surface area contributed by atoms with Crippen molar-refractivity contribution in [2.45, 2.75) is 10.3 Å². The number of anilines is 1. The second kappa shape index (κ2) is 9.32. The number of pyridine rings is 1. The van der Waals surface area contributed by atoms with Gasteiger partial charge in [-0.15, -0.1) is 0 Å². The molecule has 2 aromatic carbocycles. The fourth-order valence-electron chi connectivity index (χ4n) is 2.89. The molecule has 0 saturated heterocycles. The summed E-state index contributed by atoms with van der Waals surface area (Å²) in [6.45, 7) is 0. The van der Waals surface area contributed by atoms with Crippen LogP contribution < -0.4 is 5.73 Å². The summed E-state index contributed by atoms with van der Waals surface area (Å²) < 4.78 is 4.95. The highest BCUT2D eigenvalue weighted by atomic mass is 35.5. The highest BCUT2D eigenvalue weighted by Crippen LogP contribution is 2.41. The number of methoxy groups -OCH3 is 1. The molecule has 0 bridgehead atoms. The number of nitriles is 2. The standard InChI is InChI=1S/C22H15ClN4O2S/c1-29-22(28)19(14-5-3-2-4-6-14)30-21-17(12-25)18(16(11-24)20(26)27-21)13-7-9-15(23)10-8-13/h2-10,19H,1H3,(H2,26,27). The number of nitrogens with two attached hydrogens (primary N) is 1. The quantitative estimate of drug-likeness (QED) is 0.456. The number of carbonyl (C=O) groups excluding carboxylic acids is 1. The van der Waals surface area contributed by atoms with Crippen LogP contribution in [0.5, 0.6) is 0 Å². The fraction of sp³-hybridized carbons (Fsp3) is 0.0909. The third-order valence-electron chi connectivity index (χ3n) is 4.30. The molecule has 0 aliphatic heterocycles. The number of rotatable bonds is 5. The summed E-state index contributed by atoms with van der Waals surface area (Å²) in [5.74, 6) is -0.520. The number of thioether (sulfide) groups is 1. The van der Waals surface area contributed by atoms with Gasteiger partial charge in [0.25, 0.3) is 0 Å². The molecule has 0 radical (unpaired) electrons. The normalized spacial score (nSPS) is 11.2. The van der Waals surface area contributed by atoms with Crippen molar-refractivity contribution in [1.82, 2.24) is 4.98 Å². The van der Waals surface area contributed by atoms with Gasteiger partial charge in [0.2, 0.25) is 0 Å². The Balaban J connectivity index is 2.20. The topological polar surface area (TPSA) is 113 Å². The molecule has 2 N–H and O–H groups in total. The van der Waals surface area contributed by atoms with E-state index in [0.29, 0.717) is 21.7 Å². The van der Waals surface area contributed by atoms with Crippen LogP contribution in [-0.4, -0.2) is 18.1 Å². The third-order valence-corrected chi connectivity index (χ3v) is 5.77. The van der Waals surface area contributed by atoms with Crippen molar-refractivity contribution in [2.75, 3.05) is 12.8 Å². The van der Waals surface area contributed by atoms with E-state index in [1.165, 1.54) is 7.11 Å². The lowest BCUT2D eigenvalue weighted by Gasteiger charge is -2.17. The lowest BCUT2D eigenvalue weighted by Crippen LogP contribution is -2.12. The summed E-state index contributed by atoms with van der Waals surface area (Å²) in [4.78, 5) is 16.7. The molecule has 8 heteroatoms. The molecule has 3 rings (SSSR count). The third kappa shape index (κ3) is 4.23. The number of hydrogen-bond acceptors (Lipinski definition) is 7. The summed E-state index contributed by atoms with van der Waals surface area (Å²) in [7, 11) is 1.30. The number of esters is 1. The van der Waals surface area contributed by atoms with Gasteiger partial charge in [-0.25, -0.2) is 4.98 Å². The van der Waals surface area contributed by atoms with Crippen molar-refractivity contribution in [1.29, 1.82) is 10.5 Å². The molecule has 0 fully saturated rings. The van der Waals surface area contributed by atoms with Crippen LogP contribution in [-0.2, 0) is 9.53 Å². The van der Waals surface area contributed by atoms with Gasteiger partial charge >= 0.3 is 5.97 Å². The van der Waals surface area contributed by atoms with Crippen molar-refractivity contribution < 1.29 is 9.53 Å². The maximum atomic E-state index is 12.5. The number of hydrogen-bond donors (Lipinski definition) is 1. The van der Waals surface area contributed by atoms with Crippen LogP contribution in [0.4, 0.5) is 5.82 Å². The summed E-state index contributed by atoms with van der Waals surface area (Å²) in [5.41, 5.74) is 7.93. The van der Waals surface area contributed by atoms with Gasteiger partial charge in [-0.1, -0.05) is 65.8 Å². The minimum Gasteiger partial charge on any atom is -0.468 e. The Hall–Kier alpha value is -3.52. The van der Waals surface area contributed by atoms with E-state index in [9.17, 15) is 15.3 Å². The van der Waals surface area contributed by atoms with Crippen molar-refractivity contribution in [2.24, 2.45) is 0 Å². The SMILES string of the molecule is COC(=O)C(Sc1nc(N)c(C#N)c(-c2ccc(Cl)cc2)c1C#N)c1ccccc1. The molecular weight excluding hydrogens is 420 g/mol. The van der Waals surface area contributed by atoms with Crippen LogP contribution in [0, 0.1) is 22.7 Å². The van der Waals surface area contributed by atoms with Crippen LogP contribution in [0.2, 0.25) is 5.02 Å². The molecule has 0 aliphatic carbocycles. The van der Waals surface area contributed by atoms with E-state index in [2.05, 4.69) is 11.1 Å². The predicted molar refractivity (Wildman–Crippen MR) is 116 cm³/mol. The lowest BCUT2D eigenvalue weighted by molar-refractivity contribution is -0.140. The van der Waals surface area contributed by atoms with Crippen molar-refractivity contribution in [3.05, 3.63) is 76.3 Å². The largest absolute Gasteiger partial charge is 0.468 e. The van der Waals surface area contributed by atoms with Crippen LogP contribution in [0.15, 0.2) is 59.6 Å². The second-order valence-corrected chi connectivity index (χ2v) is 7.62. The summed E-state index contributed by atoms with van der Waals surface area (Å²) in [5, 5.41) is 19.5. The Kier molecular flexibility index (Phi) is 6.58. The molecular formula is C22H15ClN4O2S. The molecule has 0 amide bonds. The highest BCUT2D eigenvalue weighted by Gasteiger charge is 2.28. The van der Waals surface area contributed by atoms with E-state index in [1.807, 2.05) is 12.1 Å². The number of benzene rings is 2. The van der Waals surface area contributed by atoms with E-state index >= 15 is 0 Å². The van der Waals surface area contributed by atoms with E-state index in [-0.39, 0.29) is 22.0 Å². The Morgan fingerprint density at radius 3 is 2.30 bits per heavy atom. The number of nitrogens with zero attached hydrogens (tertiary/aromatic N) is 3. The average Bonchev–Trinajstić information content (AvgIpc) is 2.77. The molecule has 3 aromatic rings. The minimum atomic E-state index is -0.763. The molecule has 30 heavy (non-hydrogen) atoms. The Morgan fingerprint density at radius 1 is 1.10 bits per heavy atom. The highest BCUT2D eigenvalue weighted by molar-refractivity contribution is 8.00. The van der Waals surface area contributed by atoms with Crippen LogP contribution in [0.1, 0.15) is 21.9 Å². The monoisotopic (exact) mass is 434 g/mol. The van der Waals surface area contributed by atoms with Gasteiger partial charge in [0, 0.05) is 10.6 Å². The summed E-state index contributed by atoms with van der Waals surface area (Å²) in [6, 6.07) is 19.9. The first-order valence-corrected chi connectivity index (χ1v) is 9.95. The number of carbonyl (C=O) groups is 1. The summed E-state index contributed by atoms with van der Waals surface area (Å²) in [6.07, 6.45) is 0. The lowest BCUT2D eigenvalue weighted by atomic mass is 9.97. The molecule has 1 atom stereocenters. The number of nitrogen functional groups attached to an aromatic ring is 1. The number of halogens is 1. The van der Waals surface area contributed by atoms with Crippen LogP contribution in [0.3, 0.4) is 0 Å². The van der Waals surface area contributed by atoms with E-state index in [4.69, 9.17) is 22.1 Å². The van der Waals surface area contributed by atoms with E-state index < -0.39 is 11.2 Å². The zero-order valence-electron chi connectivity index (χ0n) is 15.8. The second-order valence-electron chi connectivity index (χ2n) is 6.09. The van der Waals surface area contributed by atoms with Crippen LogP contribution >= 0.6 is 23.4 Å². The summed E-state index contributed by atoms with van der Waals surface area (Å²) >= 11 is 7.02. The molecule has 1 unspecified atom stereocenters. The smallest absolute Gasteiger partial charge is 0.323 e. The Bertz CT molecular complexity index is 1170. The van der Waals surface area contributed by atoms with Gasteiger partial charge in [0.05, 0.1) is 12.7 Å². The number of ether oxygens (including phenoxy) is 1.